The zero-order valence-corrected chi connectivity index (χ0v) is 15.5. The van der Waals surface area contributed by atoms with Crippen LogP contribution in [-0.4, -0.2) is 40.3 Å². The maximum atomic E-state index is 5.56. The van der Waals surface area contributed by atoms with Gasteiger partial charge in [0.1, 0.15) is 10.1 Å². The van der Waals surface area contributed by atoms with E-state index in [-0.39, 0.29) is 0 Å². The van der Waals surface area contributed by atoms with Gasteiger partial charge in [0.05, 0.1) is 19.7 Å². The van der Waals surface area contributed by atoms with Gasteiger partial charge >= 0.3 is 0 Å². The summed E-state index contributed by atoms with van der Waals surface area (Å²) in [6.45, 7) is 2.70. The summed E-state index contributed by atoms with van der Waals surface area (Å²) in [7, 11) is 1.72. The average molecular weight is 359 g/mol. The molecule has 1 fully saturated rings. The van der Waals surface area contributed by atoms with Crippen LogP contribution < -0.4 is 4.74 Å². The largest absolute Gasteiger partial charge is 0.496 e. The number of thioether (sulfide) groups is 1. The minimum absolute atomic E-state index is 0.789. The summed E-state index contributed by atoms with van der Waals surface area (Å²) < 4.78 is 6.43. The number of nitrogens with zero attached hydrogens (tertiary/aromatic N) is 2. The average Bonchev–Trinajstić information content (AvgIpc) is 2.63. The maximum Gasteiger partial charge on any atom is 0.138 e. The molecule has 1 heterocycles. The molecule has 3 nitrogen and oxygen atoms in total. The van der Waals surface area contributed by atoms with Crippen molar-refractivity contribution < 1.29 is 4.74 Å². The van der Waals surface area contributed by atoms with Crippen LogP contribution in [0.3, 0.4) is 0 Å². The summed E-state index contributed by atoms with van der Waals surface area (Å²) in [5.74, 6) is 1.89. The topological polar surface area (TPSA) is 15.7 Å². The molecule has 1 saturated heterocycles. The Morgan fingerprint density at radius 2 is 1.83 bits per heavy atom. The molecule has 2 aromatic rings. The van der Waals surface area contributed by atoms with Crippen molar-refractivity contribution in [2.75, 3.05) is 26.2 Å². The van der Waals surface area contributed by atoms with E-state index in [1.165, 1.54) is 11.1 Å². The van der Waals surface area contributed by atoms with E-state index in [9.17, 15) is 0 Å². The Hall–Kier alpha value is -1.56. The van der Waals surface area contributed by atoms with E-state index >= 15 is 0 Å². The Morgan fingerprint density at radius 1 is 1.08 bits per heavy atom. The van der Waals surface area contributed by atoms with Gasteiger partial charge in [-0.05, 0) is 18.1 Å². The van der Waals surface area contributed by atoms with Crippen LogP contribution in [0.4, 0.5) is 0 Å². The Morgan fingerprint density at radius 3 is 2.62 bits per heavy atom. The molecule has 126 valence electrons. The fraction of sp³-hybridized carbons (Fsp3) is 0.316. The lowest BCUT2D eigenvalue weighted by Crippen LogP contribution is -2.45. The number of methoxy groups -OCH3 is 1. The van der Waals surface area contributed by atoms with Crippen LogP contribution in [0.2, 0.25) is 0 Å². The van der Waals surface area contributed by atoms with Gasteiger partial charge in [0, 0.05) is 18.7 Å². The molecule has 1 aliphatic heterocycles. The van der Waals surface area contributed by atoms with Gasteiger partial charge in [0.15, 0.2) is 0 Å². The monoisotopic (exact) mass is 358 g/mol. The molecule has 3 rings (SSSR count). The first-order valence-electron chi connectivity index (χ1n) is 8.06. The molecule has 0 bridgehead atoms. The molecule has 0 aliphatic carbocycles. The van der Waals surface area contributed by atoms with Crippen molar-refractivity contribution in [1.29, 1.82) is 0 Å². The second-order valence-electron chi connectivity index (χ2n) is 5.82. The van der Waals surface area contributed by atoms with Crippen LogP contribution in [0.1, 0.15) is 11.1 Å². The first-order chi connectivity index (χ1) is 11.8. The van der Waals surface area contributed by atoms with Crippen molar-refractivity contribution >= 4 is 28.3 Å². The van der Waals surface area contributed by atoms with Crippen molar-refractivity contribution in [3.8, 4) is 5.75 Å². The van der Waals surface area contributed by atoms with Crippen LogP contribution in [0.25, 0.3) is 0 Å². The Labute approximate surface area is 153 Å². The number of thiocarbonyl (C=S) groups is 1. The van der Waals surface area contributed by atoms with Crippen LogP contribution >= 0.6 is 24.0 Å². The van der Waals surface area contributed by atoms with Crippen LogP contribution in [-0.2, 0) is 13.0 Å². The minimum atomic E-state index is 0.789. The predicted molar refractivity (Wildman–Crippen MR) is 105 cm³/mol. The summed E-state index contributed by atoms with van der Waals surface area (Å²) in [6, 6.07) is 18.8. The van der Waals surface area contributed by atoms with Crippen molar-refractivity contribution in [3.63, 3.8) is 0 Å². The minimum Gasteiger partial charge on any atom is -0.496 e. The third kappa shape index (κ3) is 4.50. The third-order valence-corrected chi connectivity index (χ3v) is 5.72. The van der Waals surface area contributed by atoms with E-state index in [4.69, 9.17) is 17.0 Å². The second kappa shape index (κ2) is 8.51. The Bertz CT molecular complexity index is 678. The van der Waals surface area contributed by atoms with Gasteiger partial charge in [0.2, 0.25) is 0 Å². The number of hydrogen-bond donors (Lipinski definition) is 0. The highest BCUT2D eigenvalue weighted by Gasteiger charge is 2.22. The van der Waals surface area contributed by atoms with Crippen molar-refractivity contribution in [3.05, 3.63) is 65.7 Å². The Balaban J connectivity index is 1.60. The van der Waals surface area contributed by atoms with Gasteiger partial charge in [-0.1, -0.05) is 72.5 Å². The normalized spacial score (nSPS) is 15.5. The fourth-order valence-electron chi connectivity index (χ4n) is 2.80. The molecule has 24 heavy (non-hydrogen) atoms. The molecule has 0 unspecified atom stereocenters. The van der Waals surface area contributed by atoms with Crippen molar-refractivity contribution in [1.82, 2.24) is 9.80 Å². The molecule has 0 amide bonds. The number of benzene rings is 2. The molecule has 0 N–H and O–H groups in total. The first-order valence-corrected chi connectivity index (χ1v) is 9.45. The zero-order valence-electron chi connectivity index (χ0n) is 13.9. The first kappa shape index (κ1) is 17.3. The van der Waals surface area contributed by atoms with Gasteiger partial charge < -0.3 is 9.64 Å². The molecular weight excluding hydrogens is 336 g/mol. The molecular formula is C19H22N2OS2. The lowest BCUT2D eigenvalue weighted by Gasteiger charge is -2.37. The fourth-order valence-corrected chi connectivity index (χ4v) is 3.89. The molecule has 0 aromatic heterocycles. The molecule has 0 radical (unpaired) electrons. The smallest absolute Gasteiger partial charge is 0.138 e. The number of rotatable bonds is 6. The zero-order chi connectivity index (χ0) is 16.8. The van der Waals surface area contributed by atoms with Gasteiger partial charge in [-0.25, -0.2) is 0 Å². The summed E-state index contributed by atoms with van der Waals surface area (Å²) in [5, 5.41) is 0. The van der Waals surface area contributed by atoms with Crippen molar-refractivity contribution in [2.45, 2.75) is 13.0 Å². The summed E-state index contributed by atoms with van der Waals surface area (Å²) in [4.78, 5) is 4.70. The predicted octanol–water partition coefficient (Wildman–Crippen LogP) is 3.99. The Kier molecular flexibility index (Phi) is 6.12. The highest BCUT2D eigenvalue weighted by Crippen LogP contribution is 2.25. The number of para-hydroxylation sites is 1. The SMILES string of the molecule is COc1ccccc1CN1CN(CCc2ccccc2)CSC1=S. The van der Waals surface area contributed by atoms with Crippen LogP contribution in [0.15, 0.2) is 54.6 Å². The van der Waals surface area contributed by atoms with Crippen LogP contribution in [0, 0.1) is 0 Å². The second-order valence-corrected chi connectivity index (χ2v) is 7.40. The molecule has 1 aliphatic rings. The lowest BCUT2D eigenvalue weighted by atomic mass is 10.1. The standard InChI is InChI=1S/C19H22N2OS2/c1-22-18-10-6-5-9-17(18)13-21-14-20(15-24-19(21)23)12-11-16-7-3-2-4-8-16/h2-10H,11-15H2,1H3. The van der Waals surface area contributed by atoms with Gasteiger partial charge in [-0.15, -0.1) is 0 Å². The number of hydrogen-bond acceptors (Lipinski definition) is 4. The van der Waals surface area contributed by atoms with Gasteiger partial charge in [0.25, 0.3) is 0 Å². The third-order valence-electron chi connectivity index (χ3n) is 4.11. The van der Waals surface area contributed by atoms with Crippen molar-refractivity contribution in [2.24, 2.45) is 0 Å². The summed E-state index contributed by atoms with van der Waals surface area (Å²) in [5.41, 5.74) is 2.56. The molecule has 0 spiro atoms. The number of ether oxygens (including phenoxy) is 1. The quantitative estimate of drug-likeness (QED) is 0.724. The molecule has 2 aromatic carbocycles. The lowest BCUT2D eigenvalue weighted by molar-refractivity contribution is 0.208. The molecule has 0 atom stereocenters. The molecule has 0 saturated carbocycles. The highest BCUT2D eigenvalue weighted by molar-refractivity contribution is 8.22. The van der Waals surface area contributed by atoms with Crippen LogP contribution in [0.5, 0.6) is 5.75 Å². The summed E-state index contributed by atoms with van der Waals surface area (Å²) in [6.07, 6.45) is 1.07. The van der Waals surface area contributed by atoms with E-state index in [2.05, 4.69) is 46.2 Å². The highest BCUT2D eigenvalue weighted by atomic mass is 32.2. The summed E-state index contributed by atoms with van der Waals surface area (Å²) >= 11 is 7.30. The van der Waals surface area contributed by atoms with E-state index < -0.39 is 0 Å². The van der Waals surface area contributed by atoms with Gasteiger partial charge in [-0.2, -0.15) is 0 Å². The van der Waals surface area contributed by atoms with E-state index in [0.717, 1.165) is 42.1 Å². The van der Waals surface area contributed by atoms with E-state index in [1.54, 1.807) is 18.9 Å². The molecule has 5 heteroatoms. The maximum absolute atomic E-state index is 5.56. The van der Waals surface area contributed by atoms with E-state index in [0.29, 0.717) is 0 Å². The van der Waals surface area contributed by atoms with Gasteiger partial charge in [-0.3, -0.25) is 4.90 Å². The van der Waals surface area contributed by atoms with E-state index in [1.807, 2.05) is 18.2 Å².